The molecule has 0 bridgehead atoms. The second-order valence-corrected chi connectivity index (χ2v) is 3.64. The molecule has 0 unspecified atom stereocenters. The molecule has 0 spiro atoms. The summed E-state index contributed by atoms with van der Waals surface area (Å²) in [5.74, 6) is 0. The minimum atomic E-state index is 1.21. The Morgan fingerprint density at radius 3 is 2.50 bits per heavy atom. The van der Waals surface area contributed by atoms with Crippen molar-refractivity contribution in [2.75, 3.05) is 0 Å². The molecule has 0 aliphatic rings. The van der Waals surface area contributed by atoms with E-state index in [1.807, 2.05) is 37.5 Å². The Morgan fingerprint density at radius 2 is 1.92 bits per heavy atom. The third-order valence-corrected chi connectivity index (χ3v) is 2.07. The summed E-state index contributed by atoms with van der Waals surface area (Å²) in [6.07, 6.45) is 0. The molecule has 0 aliphatic heterocycles. The third kappa shape index (κ3) is 3.47. The summed E-state index contributed by atoms with van der Waals surface area (Å²) in [5.41, 5.74) is 4.36. The van der Waals surface area contributed by atoms with Crippen LogP contribution in [0.3, 0.4) is 0 Å². The van der Waals surface area contributed by atoms with E-state index in [1.54, 1.807) is 11.8 Å². The third-order valence-electron chi connectivity index (χ3n) is 1.29. The molecule has 0 fully saturated rings. The Hall–Kier alpha value is -0.910. The Kier molecular flexibility index (Phi) is 3.72. The van der Waals surface area contributed by atoms with Gasteiger partial charge in [-0.2, -0.15) is 0 Å². The van der Waals surface area contributed by atoms with E-state index in [4.69, 9.17) is 0 Å². The molecule has 0 saturated carbocycles. The van der Waals surface area contributed by atoms with E-state index in [2.05, 4.69) is 17.9 Å². The lowest BCUT2D eigenvalue weighted by Crippen LogP contribution is -1.63. The Morgan fingerprint density at radius 1 is 1.25 bits per heavy atom. The number of benzene rings is 1. The molecule has 0 radical (unpaired) electrons. The second kappa shape index (κ2) is 4.87. The van der Waals surface area contributed by atoms with Gasteiger partial charge in [0, 0.05) is 10.3 Å². The van der Waals surface area contributed by atoms with Gasteiger partial charge in [-0.1, -0.05) is 30.0 Å². The molecule has 0 aromatic heterocycles. The summed E-state index contributed by atoms with van der Waals surface area (Å²) in [4.78, 5) is 1.26. The second-order valence-electron chi connectivity index (χ2n) is 2.69. The standard InChI is InChI=1S/C11H12S/c1-10(2)8-9-12-11-6-4-3-5-7-11/h3-7,9H,1-2H3. The summed E-state index contributed by atoms with van der Waals surface area (Å²) < 4.78 is 0. The molecule has 0 aliphatic carbocycles. The van der Waals surface area contributed by atoms with Crippen LogP contribution in [0.25, 0.3) is 0 Å². The summed E-state index contributed by atoms with van der Waals surface area (Å²) in [6, 6.07) is 10.3. The van der Waals surface area contributed by atoms with Crippen LogP contribution in [0.2, 0.25) is 0 Å². The molecule has 1 aromatic carbocycles. The quantitative estimate of drug-likeness (QED) is 0.487. The van der Waals surface area contributed by atoms with Crippen molar-refractivity contribution in [1.29, 1.82) is 0 Å². The fourth-order valence-corrected chi connectivity index (χ4v) is 1.46. The van der Waals surface area contributed by atoms with Crippen LogP contribution in [0, 0.1) is 0 Å². The van der Waals surface area contributed by atoms with Crippen molar-refractivity contribution in [3.8, 4) is 0 Å². The Bertz CT molecular complexity index is 288. The molecule has 1 aromatic rings. The maximum atomic E-state index is 3.15. The molecule has 1 rings (SSSR count). The molecule has 1 heteroatoms. The zero-order valence-corrected chi connectivity index (χ0v) is 8.19. The smallest absolute Gasteiger partial charge is 0.0178 e. The van der Waals surface area contributed by atoms with E-state index in [0.29, 0.717) is 0 Å². The van der Waals surface area contributed by atoms with Gasteiger partial charge in [0.1, 0.15) is 0 Å². The van der Waals surface area contributed by atoms with Gasteiger partial charge in [0.2, 0.25) is 0 Å². The van der Waals surface area contributed by atoms with E-state index in [9.17, 15) is 0 Å². The fourth-order valence-electron chi connectivity index (χ4n) is 0.714. The van der Waals surface area contributed by atoms with Crippen molar-refractivity contribution >= 4 is 11.8 Å². The average Bonchev–Trinajstić information content (AvgIpc) is 2.05. The molecule has 0 saturated heterocycles. The molecule has 0 heterocycles. The van der Waals surface area contributed by atoms with Crippen molar-refractivity contribution < 1.29 is 0 Å². The first-order chi connectivity index (χ1) is 5.79. The average molecular weight is 176 g/mol. The summed E-state index contributed by atoms with van der Waals surface area (Å²) in [7, 11) is 0. The topological polar surface area (TPSA) is 0 Å². The maximum Gasteiger partial charge on any atom is 0.0178 e. The summed E-state index contributed by atoms with van der Waals surface area (Å²) in [6.45, 7) is 4.09. The number of hydrogen-bond donors (Lipinski definition) is 0. The minimum absolute atomic E-state index is 1.21. The van der Waals surface area contributed by atoms with Gasteiger partial charge >= 0.3 is 0 Å². The molecule has 0 atom stereocenters. The van der Waals surface area contributed by atoms with Crippen LogP contribution in [-0.2, 0) is 0 Å². The lowest BCUT2D eigenvalue weighted by molar-refractivity contribution is 1.41. The van der Waals surface area contributed by atoms with Gasteiger partial charge in [-0.3, -0.25) is 0 Å². The van der Waals surface area contributed by atoms with Crippen LogP contribution in [0.1, 0.15) is 13.8 Å². The van der Waals surface area contributed by atoms with Crippen molar-refractivity contribution in [2.45, 2.75) is 18.7 Å². The predicted molar refractivity (Wildman–Crippen MR) is 55.2 cm³/mol. The molecule has 12 heavy (non-hydrogen) atoms. The van der Waals surface area contributed by atoms with Crippen LogP contribution < -0.4 is 0 Å². The normalized spacial score (nSPS) is 8.83. The SMILES string of the molecule is CC(C)=C=CSc1ccccc1. The van der Waals surface area contributed by atoms with Gasteiger partial charge in [0.05, 0.1) is 0 Å². The van der Waals surface area contributed by atoms with Gasteiger partial charge in [0.15, 0.2) is 0 Å². The van der Waals surface area contributed by atoms with Crippen molar-refractivity contribution in [3.63, 3.8) is 0 Å². The number of allylic oxidation sites excluding steroid dienone is 1. The van der Waals surface area contributed by atoms with E-state index in [0.717, 1.165) is 0 Å². The van der Waals surface area contributed by atoms with Gasteiger partial charge in [-0.05, 0) is 31.6 Å². The maximum absolute atomic E-state index is 3.15. The number of thioether (sulfide) groups is 1. The highest BCUT2D eigenvalue weighted by Gasteiger charge is 1.84. The Labute approximate surface area is 78.0 Å². The largest absolute Gasteiger partial charge is 0.115 e. The molecule has 0 nitrogen and oxygen atoms in total. The predicted octanol–water partition coefficient (Wildman–Crippen LogP) is 3.86. The van der Waals surface area contributed by atoms with Gasteiger partial charge < -0.3 is 0 Å². The molecular weight excluding hydrogens is 164 g/mol. The molecule has 62 valence electrons. The van der Waals surface area contributed by atoms with E-state index < -0.39 is 0 Å². The first-order valence-corrected chi connectivity index (χ1v) is 4.77. The first kappa shape index (κ1) is 9.18. The van der Waals surface area contributed by atoms with Gasteiger partial charge in [-0.15, -0.1) is 5.73 Å². The van der Waals surface area contributed by atoms with Crippen LogP contribution >= 0.6 is 11.8 Å². The monoisotopic (exact) mass is 176 g/mol. The lowest BCUT2D eigenvalue weighted by atomic mass is 10.4. The lowest BCUT2D eigenvalue weighted by Gasteiger charge is -1.91. The summed E-state index contributed by atoms with van der Waals surface area (Å²) in [5, 5.41) is 1.99. The zero-order valence-electron chi connectivity index (χ0n) is 7.37. The van der Waals surface area contributed by atoms with E-state index >= 15 is 0 Å². The van der Waals surface area contributed by atoms with Crippen LogP contribution in [0.4, 0.5) is 0 Å². The zero-order chi connectivity index (χ0) is 8.81. The molecule has 0 amide bonds. The highest BCUT2D eigenvalue weighted by Crippen LogP contribution is 2.17. The number of hydrogen-bond acceptors (Lipinski definition) is 1. The van der Waals surface area contributed by atoms with E-state index in [1.165, 1.54) is 10.5 Å². The highest BCUT2D eigenvalue weighted by atomic mass is 32.2. The van der Waals surface area contributed by atoms with Crippen molar-refractivity contribution in [1.82, 2.24) is 0 Å². The van der Waals surface area contributed by atoms with Gasteiger partial charge in [0.25, 0.3) is 0 Å². The summed E-state index contributed by atoms with van der Waals surface area (Å²) >= 11 is 1.69. The van der Waals surface area contributed by atoms with Crippen LogP contribution in [0.5, 0.6) is 0 Å². The van der Waals surface area contributed by atoms with Crippen LogP contribution in [0.15, 0.2) is 51.9 Å². The van der Waals surface area contributed by atoms with Crippen molar-refractivity contribution in [3.05, 3.63) is 47.0 Å². The fraction of sp³-hybridized carbons (Fsp3) is 0.182. The minimum Gasteiger partial charge on any atom is -0.115 e. The van der Waals surface area contributed by atoms with E-state index in [-0.39, 0.29) is 0 Å². The molecular formula is C11H12S. The first-order valence-electron chi connectivity index (χ1n) is 3.89. The highest BCUT2D eigenvalue weighted by molar-refractivity contribution is 8.02. The van der Waals surface area contributed by atoms with Crippen LogP contribution in [-0.4, -0.2) is 0 Å². The Balaban J connectivity index is 2.61. The molecule has 0 N–H and O–H groups in total. The van der Waals surface area contributed by atoms with Crippen molar-refractivity contribution in [2.24, 2.45) is 0 Å². The number of rotatable bonds is 2. The van der Waals surface area contributed by atoms with Gasteiger partial charge in [-0.25, -0.2) is 0 Å².